The highest BCUT2D eigenvalue weighted by molar-refractivity contribution is 5.83. The van der Waals surface area contributed by atoms with Crippen molar-refractivity contribution in [3.8, 4) is 5.75 Å². The fourth-order valence-electron chi connectivity index (χ4n) is 2.38. The number of nitrogens with zero attached hydrogens (tertiary/aromatic N) is 1. The van der Waals surface area contributed by atoms with E-state index in [2.05, 4.69) is 22.6 Å². The molecule has 1 N–H and O–H groups in total. The first kappa shape index (κ1) is 18.5. The minimum Gasteiger partial charge on any atom is -0.496 e. The summed E-state index contributed by atoms with van der Waals surface area (Å²) in [5, 5.41) is 6.73. The Morgan fingerprint density at radius 2 is 1.88 bits per heavy atom. The maximum Gasteiger partial charge on any atom is 0.260 e. The van der Waals surface area contributed by atoms with E-state index < -0.39 is 0 Å². The molecule has 0 aliphatic rings. The van der Waals surface area contributed by atoms with E-state index in [4.69, 9.17) is 9.57 Å². The minimum atomic E-state index is -0.183. The number of methoxy groups -OCH3 is 1. The second kappa shape index (κ2) is 10.1. The molecule has 1 atom stereocenters. The Kier molecular flexibility index (Phi) is 7.50. The second-order valence-corrected chi connectivity index (χ2v) is 5.74. The lowest BCUT2D eigenvalue weighted by Crippen LogP contribution is -2.35. The smallest absolute Gasteiger partial charge is 0.260 e. The van der Waals surface area contributed by atoms with Gasteiger partial charge in [0.2, 0.25) is 0 Å². The van der Waals surface area contributed by atoms with E-state index in [-0.39, 0.29) is 18.6 Å². The van der Waals surface area contributed by atoms with Crippen LogP contribution in [0.1, 0.15) is 24.5 Å². The Morgan fingerprint density at radius 3 is 2.64 bits per heavy atom. The number of hydrogen-bond donors (Lipinski definition) is 1. The Bertz CT molecular complexity index is 686. The zero-order chi connectivity index (χ0) is 17.9. The van der Waals surface area contributed by atoms with Crippen LogP contribution in [0.5, 0.6) is 5.75 Å². The van der Waals surface area contributed by atoms with Crippen molar-refractivity contribution >= 4 is 12.1 Å². The van der Waals surface area contributed by atoms with Crippen LogP contribution in [0, 0.1) is 0 Å². The van der Waals surface area contributed by atoms with Crippen molar-refractivity contribution in [2.45, 2.75) is 25.8 Å². The number of carbonyl (C=O) groups excluding carboxylic acids is 1. The van der Waals surface area contributed by atoms with Crippen molar-refractivity contribution in [3.63, 3.8) is 0 Å². The quantitative estimate of drug-likeness (QED) is 0.563. The van der Waals surface area contributed by atoms with Crippen LogP contribution < -0.4 is 10.1 Å². The predicted molar refractivity (Wildman–Crippen MR) is 98.9 cm³/mol. The Hall–Kier alpha value is -2.82. The summed E-state index contributed by atoms with van der Waals surface area (Å²) in [7, 11) is 1.60. The third-order valence-electron chi connectivity index (χ3n) is 3.72. The highest BCUT2D eigenvalue weighted by Gasteiger charge is 2.08. The number of benzene rings is 2. The SMILES string of the molecule is COc1ccccc1/C=N\OCC(=O)N[C@@H](C)CCc1ccccc1. The van der Waals surface area contributed by atoms with Crippen LogP contribution in [0.15, 0.2) is 59.8 Å². The number of hydrogen-bond acceptors (Lipinski definition) is 4. The maximum absolute atomic E-state index is 11.9. The zero-order valence-electron chi connectivity index (χ0n) is 14.6. The third kappa shape index (κ3) is 6.67. The molecule has 0 saturated heterocycles. The van der Waals surface area contributed by atoms with Gasteiger partial charge in [0.15, 0.2) is 6.61 Å². The van der Waals surface area contributed by atoms with Crippen molar-refractivity contribution in [2.24, 2.45) is 5.16 Å². The van der Waals surface area contributed by atoms with Crippen molar-refractivity contribution < 1.29 is 14.4 Å². The van der Waals surface area contributed by atoms with Gasteiger partial charge in [0.05, 0.1) is 13.3 Å². The van der Waals surface area contributed by atoms with E-state index in [1.807, 2.05) is 49.4 Å². The number of rotatable bonds is 9. The molecule has 0 unspecified atom stereocenters. The number of ether oxygens (including phenoxy) is 1. The largest absolute Gasteiger partial charge is 0.496 e. The molecule has 5 nitrogen and oxygen atoms in total. The van der Waals surface area contributed by atoms with Gasteiger partial charge in [-0.1, -0.05) is 47.6 Å². The van der Waals surface area contributed by atoms with E-state index in [0.29, 0.717) is 5.75 Å². The lowest BCUT2D eigenvalue weighted by molar-refractivity contribution is -0.126. The predicted octanol–water partition coefficient (Wildman–Crippen LogP) is 3.18. The van der Waals surface area contributed by atoms with Crippen LogP contribution in [0.3, 0.4) is 0 Å². The molecule has 2 aromatic carbocycles. The molecule has 0 fully saturated rings. The first-order valence-electron chi connectivity index (χ1n) is 8.30. The van der Waals surface area contributed by atoms with Gasteiger partial charge in [0.25, 0.3) is 5.91 Å². The Labute approximate surface area is 148 Å². The molecule has 132 valence electrons. The zero-order valence-corrected chi connectivity index (χ0v) is 14.6. The molecule has 0 aliphatic heterocycles. The molecule has 2 aromatic rings. The summed E-state index contributed by atoms with van der Waals surface area (Å²) in [5.74, 6) is 0.520. The topological polar surface area (TPSA) is 59.9 Å². The van der Waals surface area contributed by atoms with E-state index in [0.717, 1.165) is 18.4 Å². The van der Waals surface area contributed by atoms with Crippen molar-refractivity contribution in [1.29, 1.82) is 0 Å². The number of aryl methyl sites for hydroxylation is 1. The van der Waals surface area contributed by atoms with Gasteiger partial charge in [-0.2, -0.15) is 0 Å². The summed E-state index contributed by atoms with van der Waals surface area (Å²) in [5.41, 5.74) is 2.06. The summed E-state index contributed by atoms with van der Waals surface area (Å²) >= 11 is 0. The average Bonchev–Trinajstić information content (AvgIpc) is 2.64. The molecular formula is C20H24N2O3. The van der Waals surface area contributed by atoms with Crippen molar-refractivity contribution in [3.05, 3.63) is 65.7 Å². The van der Waals surface area contributed by atoms with Gasteiger partial charge in [-0.3, -0.25) is 4.79 Å². The van der Waals surface area contributed by atoms with Gasteiger partial charge in [0.1, 0.15) is 5.75 Å². The highest BCUT2D eigenvalue weighted by atomic mass is 16.6. The maximum atomic E-state index is 11.9. The molecule has 5 heteroatoms. The lowest BCUT2D eigenvalue weighted by atomic mass is 10.1. The molecule has 0 aliphatic carbocycles. The van der Waals surface area contributed by atoms with E-state index in [1.54, 1.807) is 7.11 Å². The van der Waals surface area contributed by atoms with Gasteiger partial charge in [-0.05, 0) is 37.5 Å². The summed E-state index contributed by atoms with van der Waals surface area (Å²) in [4.78, 5) is 16.9. The Morgan fingerprint density at radius 1 is 1.16 bits per heavy atom. The first-order valence-corrected chi connectivity index (χ1v) is 8.30. The van der Waals surface area contributed by atoms with E-state index >= 15 is 0 Å². The number of nitrogens with one attached hydrogen (secondary N) is 1. The fraction of sp³-hybridized carbons (Fsp3) is 0.300. The van der Waals surface area contributed by atoms with E-state index in [9.17, 15) is 4.79 Å². The molecule has 0 radical (unpaired) electrons. The van der Waals surface area contributed by atoms with Crippen LogP contribution >= 0.6 is 0 Å². The van der Waals surface area contributed by atoms with Crippen LogP contribution in [0.2, 0.25) is 0 Å². The number of para-hydroxylation sites is 1. The number of amides is 1. The average molecular weight is 340 g/mol. The molecule has 1 amide bonds. The van der Waals surface area contributed by atoms with Gasteiger partial charge < -0.3 is 14.9 Å². The second-order valence-electron chi connectivity index (χ2n) is 5.74. The Balaban J connectivity index is 1.68. The van der Waals surface area contributed by atoms with Crippen LogP contribution in [-0.2, 0) is 16.1 Å². The van der Waals surface area contributed by atoms with Crippen LogP contribution in [-0.4, -0.2) is 31.9 Å². The standard InChI is InChI=1S/C20H24N2O3/c1-16(12-13-17-8-4-3-5-9-17)22-20(23)15-25-21-14-18-10-6-7-11-19(18)24-2/h3-11,14,16H,12-13,15H2,1-2H3,(H,22,23)/b21-14-/t16-/m0/s1. The van der Waals surface area contributed by atoms with Gasteiger partial charge >= 0.3 is 0 Å². The minimum absolute atomic E-state index is 0.0782. The summed E-state index contributed by atoms with van der Waals surface area (Å²) in [6.45, 7) is 1.88. The number of oxime groups is 1. The normalized spacial score (nSPS) is 11.9. The molecule has 0 heterocycles. The molecule has 2 rings (SSSR count). The molecule has 0 spiro atoms. The van der Waals surface area contributed by atoms with Gasteiger partial charge in [0, 0.05) is 11.6 Å². The molecule has 0 aromatic heterocycles. The summed E-state index contributed by atoms with van der Waals surface area (Å²) < 4.78 is 5.21. The van der Waals surface area contributed by atoms with Crippen molar-refractivity contribution in [2.75, 3.05) is 13.7 Å². The molecule has 0 bridgehead atoms. The molecule has 0 saturated carbocycles. The lowest BCUT2D eigenvalue weighted by Gasteiger charge is -2.13. The van der Waals surface area contributed by atoms with Crippen molar-refractivity contribution in [1.82, 2.24) is 5.32 Å². The van der Waals surface area contributed by atoms with Gasteiger partial charge in [-0.15, -0.1) is 0 Å². The molecular weight excluding hydrogens is 316 g/mol. The first-order chi connectivity index (χ1) is 12.2. The summed E-state index contributed by atoms with van der Waals surface area (Å²) in [6, 6.07) is 17.7. The highest BCUT2D eigenvalue weighted by Crippen LogP contribution is 2.14. The third-order valence-corrected chi connectivity index (χ3v) is 3.72. The molecule has 25 heavy (non-hydrogen) atoms. The van der Waals surface area contributed by atoms with Gasteiger partial charge in [-0.25, -0.2) is 0 Å². The number of carbonyl (C=O) groups is 1. The van der Waals surface area contributed by atoms with E-state index in [1.165, 1.54) is 11.8 Å². The fourth-order valence-corrected chi connectivity index (χ4v) is 2.38. The summed E-state index contributed by atoms with van der Waals surface area (Å²) in [6.07, 6.45) is 3.33. The van der Waals surface area contributed by atoms with Crippen LogP contribution in [0.25, 0.3) is 0 Å². The monoisotopic (exact) mass is 340 g/mol. The van der Waals surface area contributed by atoms with Crippen LogP contribution in [0.4, 0.5) is 0 Å².